The Kier molecular flexibility index (Phi) is 2.93. The van der Waals surface area contributed by atoms with E-state index < -0.39 is 21.2 Å². The number of nitro benzene ring substituents is 2. The first-order valence-electron chi connectivity index (χ1n) is 3.85. The quantitative estimate of drug-likeness (QED) is 0.551. The van der Waals surface area contributed by atoms with Gasteiger partial charge in [0.15, 0.2) is 0 Å². The van der Waals surface area contributed by atoms with E-state index in [0.29, 0.717) is 0 Å². The molecule has 0 N–H and O–H groups in total. The van der Waals surface area contributed by atoms with Gasteiger partial charge in [-0.25, -0.2) is 0 Å². The summed E-state index contributed by atoms with van der Waals surface area (Å²) in [7, 11) is 0. The van der Waals surface area contributed by atoms with Crippen molar-refractivity contribution in [3.8, 4) is 6.07 Å². The summed E-state index contributed by atoms with van der Waals surface area (Å²) in [5, 5.41) is 29.5. The number of rotatable bonds is 3. The van der Waals surface area contributed by atoms with Crippen LogP contribution >= 0.6 is 0 Å². The Morgan fingerprint density at radius 3 is 2.40 bits per heavy atom. The fourth-order valence-electron chi connectivity index (χ4n) is 1.16. The van der Waals surface area contributed by atoms with Crippen molar-refractivity contribution in [1.29, 1.82) is 5.26 Å². The minimum atomic E-state index is -0.842. The number of benzene rings is 1. The highest BCUT2D eigenvalue weighted by Crippen LogP contribution is 2.30. The van der Waals surface area contributed by atoms with Gasteiger partial charge in [-0.3, -0.25) is 20.2 Å². The third kappa shape index (κ3) is 2.05. The zero-order valence-corrected chi connectivity index (χ0v) is 7.41. The molecule has 0 saturated heterocycles. The molecule has 0 saturated carbocycles. The average Bonchev–Trinajstić information content (AvgIpc) is 2.17. The van der Waals surface area contributed by atoms with Crippen LogP contribution in [-0.2, 0) is 6.42 Å². The molecule has 0 radical (unpaired) electrons. The zero-order chi connectivity index (χ0) is 11.4. The molecule has 76 valence electrons. The first-order chi connectivity index (χ1) is 7.07. The maximum Gasteiger partial charge on any atom is 0.350 e. The van der Waals surface area contributed by atoms with Crippen LogP contribution < -0.4 is 0 Å². The summed E-state index contributed by atoms with van der Waals surface area (Å²) in [6, 6.07) is 5.40. The highest BCUT2D eigenvalue weighted by molar-refractivity contribution is 5.58. The number of nitro groups is 2. The third-order valence-electron chi connectivity index (χ3n) is 1.75. The number of hydrogen-bond acceptors (Lipinski definition) is 5. The number of nitrogens with zero attached hydrogens (tertiary/aromatic N) is 3. The topological polar surface area (TPSA) is 110 Å². The molecule has 0 spiro atoms. The van der Waals surface area contributed by atoms with Gasteiger partial charge in [0.2, 0.25) is 0 Å². The van der Waals surface area contributed by atoms with E-state index in [1.165, 1.54) is 12.1 Å². The molecule has 1 aromatic carbocycles. The van der Waals surface area contributed by atoms with Crippen LogP contribution in [0, 0.1) is 31.6 Å². The van der Waals surface area contributed by atoms with Gasteiger partial charge in [-0.05, 0) is 0 Å². The highest BCUT2D eigenvalue weighted by Gasteiger charge is 2.27. The lowest BCUT2D eigenvalue weighted by atomic mass is 10.1. The minimum Gasteiger partial charge on any atom is -0.258 e. The summed E-state index contributed by atoms with van der Waals surface area (Å²) < 4.78 is 0. The molecular formula is C8H5N3O4. The van der Waals surface area contributed by atoms with Crippen molar-refractivity contribution in [2.24, 2.45) is 0 Å². The standard InChI is InChI=1S/C8H5N3O4/c9-5-4-6-2-1-3-7(10(12)13)8(6)11(14)15/h1-3H,4H2. The fourth-order valence-corrected chi connectivity index (χ4v) is 1.16. The molecule has 7 nitrogen and oxygen atoms in total. The summed E-state index contributed by atoms with van der Waals surface area (Å²) >= 11 is 0. The van der Waals surface area contributed by atoms with Gasteiger partial charge >= 0.3 is 11.4 Å². The molecule has 0 aliphatic rings. The molecule has 0 fully saturated rings. The van der Waals surface area contributed by atoms with Crippen LogP contribution in [-0.4, -0.2) is 9.85 Å². The van der Waals surface area contributed by atoms with Gasteiger partial charge in [-0.15, -0.1) is 0 Å². The Morgan fingerprint density at radius 1 is 1.27 bits per heavy atom. The van der Waals surface area contributed by atoms with Crippen LogP contribution in [0.5, 0.6) is 0 Å². The van der Waals surface area contributed by atoms with Crippen LogP contribution in [0.25, 0.3) is 0 Å². The average molecular weight is 207 g/mol. The lowest BCUT2D eigenvalue weighted by Crippen LogP contribution is -2.00. The molecule has 15 heavy (non-hydrogen) atoms. The maximum absolute atomic E-state index is 10.6. The minimum absolute atomic E-state index is 0.0525. The fraction of sp³-hybridized carbons (Fsp3) is 0.125. The number of para-hydroxylation sites is 1. The lowest BCUT2D eigenvalue weighted by molar-refractivity contribution is -0.422. The molecule has 0 aliphatic heterocycles. The third-order valence-corrected chi connectivity index (χ3v) is 1.75. The van der Waals surface area contributed by atoms with Gasteiger partial charge in [-0.1, -0.05) is 12.1 Å². The summed E-state index contributed by atoms with van der Waals surface area (Å²) in [4.78, 5) is 19.4. The van der Waals surface area contributed by atoms with Gasteiger partial charge in [0.05, 0.1) is 27.9 Å². The molecule has 1 aromatic rings. The summed E-state index contributed by atoms with van der Waals surface area (Å²) in [6.45, 7) is 0. The van der Waals surface area contributed by atoms with E-state index in [4.69, 9.17) is 5.26 Å². The largest absolute Gasteiger partial charge is 0.350 e. The highest BCUT2D eigenvalue weighted by atomic mass is 16.6. The van der Waals surface area contributed by atoms with Gasteiger partial charge < -0.3 is 0 Å². The van der Waals surface area contributed by atoms with Crippen molar-refractivity contribution in [2.75, 3.05) is 0 Å². The van der Waals surface area contributed by atoms with Crippen LogP contribution in [0.3, 0.4) is 0 Å². The van der Waals surface area contributed by atoms with Crippen LogP contribution in [0.15, 0.2) is 18.2 Å². The van der Waals surface area contributed by atoms with Crippen molar-refractivity contribution in [1.82, 2.24) is 0 Å². The molecule has 0 heterocycles. The van der Waals surface area contributed by atoms with Gasteiger partial charge in [-0.2, -0.15) is 5.26 Å². The van der Waals surface area contributed by atoms with Crippen molar-refractivity contribution in [2.45, 2.75) is 6.42 Å². The van der Waals surface area contributed by atoms with Crippen LogP contribution in [0.2, 0.25) is 0 Å². The Labute approximate surface area is 83.9 Å². The predicted octanol–water partition coefficient (Wildman–Crippen LogP) is 1.57. The molecule has 0 atom stereocenters. The maximum atomic E-state index is 10.6. The van der Waals surface area contributed by atoms with E-state index in [-0.39, 0.29) is 12.0 Å². The van der Waals surface area contributed by atoms with Gasteiger partial charge in [0.1, 0.15) is 0 Å². The van der Waals surface area contributed by atoms with Crippen molar-refractivity contribution >= 4 is 11.4 Å². The Morgan fingerprint density at radius 2 is 1.93 bits per heavy atom. The monoisotopic (exact) mass is 207 g/mol. The van der Waals surface area contributed by atoms with E-state index in [9.17, 15) is 20.2 Å². The Bertz CT molecular complexity index is 463. The van der Waals surface area contributed by atoms with Crippen molar-refractivity contribution in [3.05, 3.63) is 44.0 Å². The zero-order valence-electron chi connectivity index (χ0n) is 7.41. The second kappa shape index (κ2) is 4.15. The molecule has 0 aromatic heterocycles. The molecule has 1 rings (SSSR count). The van der Waals surface area contributed by atoms with Crippen molar-refractivity contribution in [3.63, 3.8) is 0 Å². The Balaban J connectivity index is 3.43. The Hall–Kier alpha value is -2.49. The lowest BCUT2D eigenvalue weighted by Gasteiger charge is -1.98. The summed E-state index contributed by atoms with van der Waals surface area (Å²) in [6.07, 6.45) is -0.224. The predicted molar refractivity (Wildman–Crippen MR) is 49.1 cm³/mol. The van der Waals surface area contributed by atoms with Gasteiger partial charge in [0, 0.05) is 6.07 Å². The number of hydrogen-bond donors (Lipinski definition) is 0. The molecule has 0 bridgehead atoms. The van der Waals surface area contributed by atoms with Crippen LogP contribution in [0.4, 0.5) is 11.4 Å². The van der Waals surface area contributed by atoms with Gasteiger partial charge in [0.25, 0.3) is 0 Å². The molecule has 0 amide bonds. The normalized spacial score (nSPS) is 9.27. The molecule has 7 heteroatoms. The first kappa shape index (κ1) is 10.6. The SMILES string of the molecule is N#CCc1cccc([N+](=O)[O-])c1[N+](=O)[O-]. The van der Waals surface area contributed by atoms with E-state index in [2.05, 4.69) is 0 Å². The van der Waals surface area contributed by atoms with E-state index in [1.54, 1.807) is 6.07 Å². The van der Waals surface area contributed by atoms with E-state index in [0.717, 1.165) is 6.07 Å². The van der Waals surface area contributed by atoms with Crippen LogP contribution in [0.1, 0.15) is 5.56 Å². The molecule has 0 aliphatic carbocycles. The summed E-state index contributed by atoms with van der Waals surface area (Å²) in [5.41, 5.74) is -1.14. The second-order valence-electron chi connectivity index (χ2n) is 2.63. The molecular weight excluding hydrogens is 202 g/mol. The van der Waals surface area contributed by atoms with E-state index in [1.807, 2.05) is 0 Å². The smallest absolute Gasteiger partial charge is 0.258 e. The molecule has 0 unspecified atom stereocenters. The van der Waals surface area contributed by atoms with E-state index >= 15 is 0 Å². The van der Waals surface area contributed by atoms with Crippen molar-refractivity contribution < 1.29 is 9.85 Å². The second-order valence-corrected chi connectivity index (χ2v) is 2.63. The summed E-state index contributed by atoms with van der Waals surface area (Å²) in [5.74, 6) is 0. The first-order valence-corrected chi connectivity index (χ1v) is 3.85. The number of nitriles is 1.